The van der Waals surface area contributed by atoms with E-state index in [9.17, 15) is 4.79 Å². The molecule has 0 aliphatic heterocycles. The molecule has 1 heterocycles. The first-order valence-corrected chi connectivity index (χ1v) is 5.80. The molecule has 0 radical (unpaired) electrons. The van der Waals surface area contributed by atoms with E-state index in [-0.39, 0.29) is 5.91 Å². The maximum atomic E-state index is 12.1. The minimum absolute atomic E-state index is 0.265. The SMILES string of the molecule is COc1cccc(N)c1C(=O)NCc1cnn(C)c1. The number of carbonyl (C=O) groups excluding carboxylic acids is 1. The third-order valence-electron chi connectivity index (χ3n) is 2.72. The number of aromatic nitrogens is 2. The van der Waals surface area contributed by atoms with Crippen LogP contribution in [0.2, 0.25) is 0 Å². The van der Waals surface area contributed by atoms with Crippen molar-refractivity contribution in [1.29, 1.82) is 0 Å². The number of hydrogen-bond acceptors (Lipinski definition) is 4. The van der Waals surface area contributed by atoms with Crippen LogP contribution in [0, 0.1) is 0 Å². The number of amides is 1. The lowest BCUT2D eigenvalue weighted by molar-refractivity contribution is 0.0949. The van der Waals surface area contributed by atoms with Crippen molar-refractivity contribution in [3.63, 3.8) is 0 Å². The number of nitrogens with zero attached hydrogens (tertiary/aromatic N) is 2. The van der Waals surface area contributed by atoms with Gasteiger partial charge in [0.25, 0.3) is 5.91 Å². The van der Waals surface area contributed by atoms with Gasteiger partial charge in [-0.15, -0.1) is 0 Å². The van der Waals surface area contributed by atoms with Gasteiger partial charge in [-0.05, 0) is 12.1 Å². The zero-order valence-electron chi connectivity index (χ0n) is 10.9. The van der Waals surface area contributed by atoms with E-state index in [1.807, 2.05) is 13.2 Å². The summed E-state index contributed by atoms with van der Waals surface area (Å²) in [6.45, 7) is 0.393. The van der Waals surface area contributed by atoms with Crippen LogP contribution in [0.4, 0.5) is 5.69 Å². The van der Waals surface area contributed by atoms with E-state index in [2.05, 4.69) is 10.4 Å². The largest absolute Gasteiger partial charge is 0.496 e. The van der Waals surface area contributed by atoms with E-state index in [1.54, 1.807) is 29.1 Å². The first-order chi connectivity index (χ1) is 9.11. The Morgan fingerprint density at radius 2 is 2.32 bits per heavy atom. The number of nitrogens with two attached hydrogens (primary N) is 1. The summed E-state index contributed by atoms with van der Waals surface area (Å²) >= 11 is 0. The minimum atomic E-state index is -0.265. The standard InChI is InChI=1S/C13H16N4O2/c1-17-8-9(7-16-17)6-15-13(18)12-10(14)4-3-5-11(12)19-2/h3-5,7-8H,6,14H2,1-2H3,(H,15,18). The van der Waals surface area contributed by atoms with Crippen molar-refractivity contribution in [3.05, 3.63) is 41.7 Å². The number of nitrogen functional groups attached to an aromatic ring is 1. The van der Waals surface area contributed by atoms with E-state index >= 15 is 0 Å². The van der Waals surface area contributed by atoms with Crippen molar-refractivity contribution < 1.29 is 9.53 Å². The van der Waals surface area contributed by atoms with Crippen molar-refractivity contribution >= 4 is 11.6 Å². The van der Waals surface area contributed by atoms with Gasteiger partial charge in [-0.1, -0.05) is 6.07 Å². The molecule has 6 nitrogen and oxygen atoms in total. The highest BCUT2D eigenvalue weighted by atomic mass is 16.5. The van der Waals surface area contributed by atoms with Gasteiger partial charge in [0.15, 0.2) is 0 Å². The number of hydrogen-bond donors (Lipinski definition) is 2. The number of rotatable bonds is 4. The van der Waals surface area contributed by atoms with Gasteiger partial charge < -0.3 is 15.8 Å². The summed E-state index contributed by atoms with van der Waals surface area (Å²) in [4.78, 5) is 12.1. The monoisotopic (exact) mass is 260 g/mol. The molecule has 2 aromatic rings. The summed E-state index contributed by atoms with van der Waals surface area (Å²) in [5, 5.41) is 6.83. The summed E-state index contributed by atoms with van der Waals surface area (Å²) in [5.74, 6) is 0.197. The van der Waals surface area contributed by atoms with Crippen LogP contribution in [0.15, 0.2) is 30.6 Å². The van der Waals surface area contributed by atoms with Crippen molar-refractivity contribution in [3.8, 4) is 5.75 Å². The van der Waals surface area contributed by atoms with Gasteiger partial charge in [-0.2, -0.15) is 5.10 Å². The molecular formula is C13H16N4O2. The second kappa shape index (κ2) is 5.43. The molecular weight excluding hydrogens is 244 g/mol. The fourth-order valence-corrected chi connectivity index (χ4v) is 1.80. The number of nitrogens with one attached hydrogen (secondary N) is 1. The molecule has 1 amide bonds. The van der Waals surface area contributed by atoms with Crippen LogP contribution in [0.5, 0.6) is 5.75 Å². The topological polar surface area (TPSA) is 82.2 Å². The minimum Gasteiger partial charge on any atom is -0.496 e. The highest BCUT2D eigenvalue weighted by Crippen LogP contribution is 2.23. The second-order valence-electron chi connectivity index (χ2n) is 4.13. The van der Waals surface area contributed by atoms with E-state index in [0.29, 0.717) is 23.5 Å². The van der Waals surface area contributed by atoms with Crippen LogP contribution in [0.1, 0.15) is 15.9 Å². The Hall–Kier alpha value is -2.50. The lowest BCUT2D eigenvalue weighted by atomic mass is 10.1. The Morgan fingerprint density at radius 1 is 1.53 bits per heavy atom. The van der Waals surface area contributed by atoms with Crippen molar-refractivity contribution in [2.24, 2.45) is 7.05 Å². The molecule has 0 fully saturated rings. The average Bonchev–Trinajstić information content (AvgIpc) is 2.81. The molecule has 0 aliphatic carbocycles. The Balaban J connectivity index is 2.12. The molecule has 3 N–H and O–H groups in total. The number of ether oxygens (including phenoxy) is 1. The number of methoxy groups -OCH3 is 1. The molecule has 0 unspecified atom stereocenters. The van der Waals surface area contributed by atoms with Crippen molar-refractivity contribution in [2.75, 3.05) is 12.8 Å². The van der Waals surface area contributed by atoms with Crippen molar-refractivity contribution in [2.45, 2.75) is 6.54 Å². The number of benzene rings is 1. The quantitative estimate of drug-likeness (QED) is 0.801. The number of anilines is 1. The Kier molecular flexibility index (Phi) is 3.70. The molecule has 1 aromatic heterocycles. The van der Waals surface area contributed by atoms with Crippen LogP contribution in [0.25, 0.3) is 0 Å². The first kappa shape index (κ1) is 12.9. The molecule has 0 bridgehead atoms. The van der Waals surface area contributed by atoms with Gasteiger partial charge in [0, 0.05) is 31.0 Å². The van der Waals surface area contributed by atoms with Crippen LogP contribution in [0.3, 0.4) is 0 Å². The molecule has 0 saturated heterocycles. The normalized spacial score (nSPS) is 10.2. The van der Waals surface area contributed by atoms with Gasteiger partial charge in [-0.25, -0.2) is 0 Å². The van der Waals surface area contributed by atoms with Gasteiger partial charge in [0.2, 0.25) is 0 Å². The van der Waals surface area contributed by atoms with Crippen LogP contribution < -0.4 is 15.8 Å². The van der Waals surface area contributed by atoms with Crippen LogP contribution >= 0.6 is 0 Å². The Morgan fingerprint density at radius 3 is 2.95 bits per heavy atom. The Labute approximate surface area is 111 Å². The zero-order chi connectivity index (χ0) is 13.8. The molecule has 0 atom stereocenters. The van der Waals surface area contributed by atoms with E-state index in [1.165, 1.54) is 7.11 Å². The molecule has 0 saturated carbocycles. The summed E-state index contributed by atoms with van der Waals surface area (Å²) in [7, 11) is 3.33. The highest BCUT2D eigenvalue weighted by Gasteiger charge is 2.15. The Bertz CT molecular complexity index is 592. The third-order valence-corrected chi connectivity index (χ3v) is 2.72. The van der Waals surface area contributed by atoms with Crippen molar-refractivity contribution in [1.82, 2.24) is 15.1 Å². The molecule has 0 aliphatic rings. The molecule has 0 spiro atoms. The highest BCUT2D eigenvalue weighted by molar-refractivity contribution is 6.01. The molecule has 1 aromatic carbocycles. The van der Waals surface area contributed by atoms with Crippen LogP contribution in [-0.2, 0) is 13.6 Å². The summed E-state index contributed by atoms with van der Waals surface area (Å²) in [6.07, 6.45) is 3.54. The van der Waals surface area contributed by atoms with Gasteiger partial charge >= 0.3 is 0 Å². The second-order valence-corrected chi connectivity index (χ2v) is 4.13. The zero-order valence-corrected chi connectivity index (χ0v) is 10.9. The maximum Gasteiger partial charge on any atom is 0.257 e. The average molecular weight is 260 g/mol. The van der Waals surface area contributed by atoms with Gasteiger partial charge in [0.1, 0.15) is 11.3 Å². The molecule has 100 valence electrons. The third kappa shape index (κ3) is 2.85. The molecule has 19 heavy (non-hydrogen) atoms. The van der Waals surface area contributed by atoms with E-state index < -0.39 is 0 Å². The molecule has 2 rings (SSSR count). The predicted molar refractivity (Wildman–Crippen MR) is 71.8 cm³/mol. The predicted octanol–water partition coefficient (Wildman–Crippen LogP) is 0.941. The molecule has 6 heteroatoms. The number of aryl methyl sites for hydroxylation is 1. The van der Waals surface area contributed by atoms with Gasteiger partial charge in [0.05, 0.1) is 13.3 Å². The fraction of sp³-hybridized carbons (Fsp3) is 0.231. The lowest BCUT2D eigenvalue weighted by Gasteiger charge is -2.10. The smallest absolute Gasteiger partial charge is 0.257 e. The van der Waals surface area contributed by atoms with E-state index in [4.69, 9.17) is 10.5 Å². The first-order valence-electron chi connectivity index (χ1n) is 5.80. The number of carbonyl (C=O) groups is 1. The van der Waals surface area contributed by atoms with E-state index in [0.717, 1.165) is 5.56 Å². The summed E-state index contributed by atoms with van der Waals surface area (Å²) in [6, 6.07) is 5.11. The maximum absolute atomic E-state index is 12.1. The fourth-order valence-electron chi connectivity index (χ4n) is 1.80. The lowest BCUT2D eigenvalue weighted by Crippen LogP contribution is -2.24. The van der Waals surface area contributed by atoms with Gasteiger partial charge in [-0.3, -0.25) is 9.48 Å². The summed E-state index contributed by atoms with van der Waals surface area (Å²) in [5.41, 5.74) is 7.48. The summed E-state index contributed by atoms with van der Waals surface area (Å²) < 4.78 is 6.83. The van der Waals surface area contributed by atoms with Crippen LogP contribution in [-0.4, -0.2) is 22.8 Å².